The van der Waals surface area contributed by atoms with Crippen molar-refractivity contribution in [2.24, 2.45) is 10.9 Å². The molecule has 0 aromatic heterocycles. The number of nitrogens with zero attached hydrogens (tertiary/aromatic N) is 2. The molecule has 0 aromatic carbocycles. The molecule has 0 bridgehead atoms. The number of rotatable bonds is 4. The molecule has 19 heavy (non-hydrogen) atoms. The molecule has 0 aliphatic carbocycles. The van der Waals surface area contributed by atoms with Crippen molar-refractivity contribution >= 4 is 17.6 Å². The number of amides is 2. The van der Waals surface area contributed by atoms with Crippen LogP contribution in [0.15, 0.2) is 4.99 Å². The Morgan fingerprint density at radius 3 is 2.63 bits per heavy atom. The summed E-state index contributed by atoms with van der Waals surface area (Å²) < 4.78 is 0. The molecule has 6 nitrogen and oxygen atoms in total. The molecule has 1 saturated heterocycles. The molecular formula is C13H22N4O2. The molecule has 2 aliphatic rings. The van der Waals surface area contributed by atoms with Gasteiger partial charge >= 0.3 is 0 Å². The Hall–Kier alpha value is -1.27. The zero-order valence-electron chi connectivity index (χ0n) is 11.6. The summed E-state index contributed by atoms with van der Waals surface area (Å²) in [6, 6.07) is 0.0486. The minimum atomic E-state index is -0.658. The quantitative estimate of drug-likeness (QED) is 0.688. The molecule has 0 radical (unpaired) electrons. The molecular weight excluding hydrogens is 244 g/mol. The van der Waals surface area contributed by atoms with Crippen molar-refractivity contribution in [1.29, 1.82) is 0 Å². The van der Waals surface area contributed by atoms with Crippen LogP contribution < -0.4 is 10.6 Å². The second-order valence-electron chi connectivity index (χ2n) is 5.14. The van der Waals surface area contributed by atoms with Gasteiger partial charge in [0.15, 0.2) is 0 Å². The van der Waals surface area contributed by atoms with Crippen LogP contribution in [0.1, 0.15) is 26.7 Å². The van der Waals surface area contributed by atoms with E-state index in [-0.39, 0.29) is 17.9 Å². The lowest BCUT2D eigenvalue weighted by atomic mass is 10.0. The van der Waals surface area contributed by atoms with Gasteiger partial charge in [0.1, 0.15) is 11.8 Å². The molecule has 0 spiro atoms. The zero-order valence-corrected chi connectivity index (χ0v) is 11.6. The van der Waals surface area contributed by atoms with Gasteiger partial charge in [-0.15, -0.1) is 0 Å². The molecule has 2 unspecified atom stereocenters. The lowest BCUT2D eigenvalue weighted by Crippen LogP contribution is -2.57. The van der Waals surface area contributed by atoms with Crippen LogP contribution in [0.3, 0.4) is 0 Å². The standard InChI is InChI=1S/C13H22N4O2/c1-3-4-10(17-7-5-14-6-8-17)11-15-12(18)9(2)13(19)16-11/h9-10,14H,3-8H2,1-2H3,(H,15,16,18,19). The van der Waals surface area contributed by atoms with Crippen LogP contribution in [0.4, 0.5) is 0 Å². The van der Waals surface area contributed by atoms with Gasteiger partial charge in [0.05, 0.1) is 6.04 Å². The minimum absolute atomic E-state index is 0.0486. The van der Waals surface area contributed by atoms with Gasteiger partial charge in [0, 0.05) is 26.2 Å². The molecule has 2 N–H and O–H groups in total. The van der Waals surface area contributed by atoms with Crippen LogP contribution in [0.5, 0.6) is 0 Å². The maximum Gasteiger partial charge on any atom is 0.259 e. The monoisotopic (exact) mass is 266 g/mol. The Labute approximate surface area is 113 Å². The van der Waals surface area contributed by atoms with E-state index in [1.54, 1.807) is 6.92 Å². The van der Waals surface area contributed by atoms with Gasteiger partial charge in [-0.05, 0) is 13.3 Å². The second kappa shape index (κ2) is 6.25. The average Bonchev–Trinajstić information content (AvgIpc) is 2.42. The fourth-order valence-electron chi connectivity index (χ4n) is 2.51. The molecule has 0 saturated carbocycles. The first-order valence-corrected chi connectivity index (χ1v) is 7.01. The van der Waals surface area contributed by atoms with Gasteiger partial charge in [0.25, 0.3) is 5.91 Å². The first kappa shape index (κ1) is 14.1. The third-order valence-electron chi connectivity index (χ3n) is 3.72. The number of carbonyl (C=O) groups excluding carboxylic acids is 2. The third kappa shape index (κ3) is 3.19. The first-order chi connectivity index (χ1) is 9.13. The third-order valence-corrected chi connectivity index (χ3v) is 3.72. The van der Waals surface area contributed by atoms with E-state index in [1.165, 1.54) is 0 Å². The number of carbonyl (C=O) groups is 2. The van der Waals surface area contributed by atoms with Gasteiger partial charge in [0.2, 0.25) is 5.91 Å². The van der Waals surface area contributed by atoms with E-state index in [9.17, 15) is 9.59 Å². The van der Waals surface area contributed by atoms with Crippen molar-refractivity contribution in [3.63, 3.8) is 0 Å². The summed E-state index contributed by atoms with van der Waals surface area (Å²) in [4.78, 5) is 29.9. The fourth-order valence-corrected chi connectivity index (χ4v) is 2.51. The molecule has 2 rings (SSSR count). The van der Waals surface area contributed by atoms with Crippen LogP contribution in [0, 0.1) is 5.92 Å². The van der Waals surface area contributed by atoms with Crippen molar-refractivity contribution in [3.8, 4) is 0 Å². The van der Waals surface area contributed by atoms with Gasteiger partial charge in [-0.3, -0.25) is 14.5 Å². The molecule has 6 heteroatoms. The van der Waals surface area contributed by atoms with Crippen molar-refractivity contribution in [3.05, 3.63) is 0 Å². The predicted octanol–water partition coefficient (Wildman–Crippen LogP) is -0.249. The Bertz CT molecular complexity index is 388. The van der Waals surface area contributed by atoms with Crippen LogP contribution in [-0.4, -0.2) is 54.8 Å². The Morgan fingerprint density at radius 2 is 2.05 bits per heavy atom. The Balaban J connectivity index is 2.16. The summed E-state index contributed by atoms with van der Waals surface area (Å²) in [6.45, 7) is 7.41. The highest BCUT2D eigenvalue weighted by molar-refractivity contribution is 6.16. The van der Waals surface area contributed by atoms with E-state index >= 15 is 0 Å². The SMILES string of the molecule is CCCC(C1=NC(=O)C(C)C(=O)N1)N1CCNCC1. The number of aliphatic imine (C=N–C) groups is 1. The number of hydrogen-bond acceptors (Lipinski definition) is 4. The van der Waals surface area contributed by atoms with E-state index in [1.807, 2.05) is 0 Å². The van der Waals surface area contributed by atoms with Crippen LogP contribution in [0.2, 0.25) is 0 Å². The molecule has 2 heterocycles. The highest BCUT2D eigenvalue weighted by Gasteiger charge is 2.33. The average molecular weight is 266 g/mol. The van der Waals surface area contributed by atoms with Gasteiger partial charge in [-0.2, -0.15) is 4.99 Å². The van der Waals surface area contributed by atoms with Crippen molar-refractivity contribution in [2.75, 3.05) is 26.2 Å². The summed E-state index contributed by atoms with van der Waals surface area (Å²) in [5, 5.41) is 6.11. The molecule has 2 atom stereocenters. The number of amidine groups is 1. The summed E-state index contributed by atoms with van der Waals surface area (Å²) in [7, 11) is 0. The lowest BCUT2D eigenvalue weighted by Gasteiger charge is -2.36. The summed E-state index contributed by atoms with van der Waals surface area (Å²) in [5.74, 6) is -0.674. The van der Waals surface area contributed by atoms with Crippen molar-refractivity contribution in [2.45, 2.75) is 32.7 Å². The van der Waals surface area contributed by atoms with Gasteiger partial charge < -0.3 is 10.6 Å². The summed E-state index contributed by atoms with van der Waals surface area (Å²) >= 11 is 0. The van der Waals surface area contributed by atoms with Crippen molar-refractivity contribution < 1.29 is 9.59 Å². The largest absolute Gasteiger partial charge is 0.314 e. The van der Waals surface area contributed by atoms with E-state index in [0.717, 1.165) is 39.0 Å². The fraction of sp³-hybridized carbons (Fsp3) is 0.769. The minimum Gasteiger partial charge on any atom is -0.314 e. The van der Waals surface area contributed by atoms with E-state index in [4.69, 9.17) is 0 Å². The highest BCUT2D eigenvalue weighted by atomic mass is 16.2. The number of nitrogens with one attached hydrogen (secondary N) is 2. The molecule has 106 valence electrons. The maximum absolute atomic E-state index is 11.8. The second-order valence-corrected chi connectivity index (χ2v) is 5.14. The summed E-state index contributed by atoms with van der Waals surface area (Å²) in [6.07, 6.45) is 1.90. The number of piperazine rings is 1. The van der Waals surface area contributed by atoms with Crippen LogP contribution in [0.25, 0.3) is 0 Å². The lowest BCUT2D eigenvalue weighted by molar-refractivity contribution is -0.132. The smallest absolute Gasteiger partial charge is 0.259 e. The topological polar surface area (TPSA) is 73.8 Å². The van der Waals surface area contributed by atoms with E-state index in [0.29, 0.717) is 5.84 Å². The number of hydrogen-bond donors (Lipinski definition) is 2. The Morgan fingerprint density at radius 1 is 1.37 bits per heavy atom. The van der Waals surface area contributed by atoms with Gasteiger partial charge in [-0.25, -0.2) is 0 Å². The normalized spacial score (nSPS) is 26.8. The summed E-state index contributed by atoms with van der Waals surface area (Å²) in [5.41, 5.74) is 0. The van der Waals surface area contributed by atoms with Crippen LogP contribution >= 0.6 is 0 Å². The van der Waals surface area contributed by atoms with Crippen LogP contribution in [-0.2, 0) is 9.59 Å². The van der Waals surface area contributed by atoms with E-state index < -0.39 is 5.92 Å². The first-order valence-electron chi connectivity index (χ1n) is 7.01. The highest BCUT2D eigenvalue weighted by Crippen LogP contribution is 2.14. The van der Waals surface area contributed by atoms with Gasteiger partial charge in [-0.1, -0.05) is 13.3 Å². The van der Waals surface area contributed by atoms with E-state index in [2.05, 4.69) is 27.4 Å². The predicted molar refractivity (Wildman–Crippen MR) is 72.9 cm³/mol. The molecule has 1 fully saturated rings. The molecule has 2 aliphatic heterocycles. The molecule has 2 amide bonds. The zero-order chi connectivity index (χ0) is 13.8. The maximum atomic E-state index is 11.8. The Kier molecular flexibility index (Phi) is 4.66. The van der Waals surface area contributed by atoms with Crippen molar-refractivity contribution in [1.82, 2.24) is 15.5 Å². The molecule has 0 aromatic rings.